The van der Waals surface area contributed by atoms with Gasteiger partial charge in [0.25, 0.3) is 0 Å². The van der Waals surface area contributed by atoms with Gasteiger partial charge in [0, 0.05) is 18.3 Å². The fourth-order valence-corrected chi connectivity index (χ4v) is 3.49. The SMILES string of the molecule is CCN1CCC(NS(=O)(=O)c2ccc(=O)[nH]c2)CC1. The van der Waals surface area contributed by atoms with Crippen molar-refractivity contribution < 1.29 is 8.42 Å². The molecule has 0 bridgehead atoms. The molecule has 1 saturated heterocycles. The van der Waals surface area contributed by atoms with E-state index in [0.717, 1.165) is 32.5 Å². The minimum absolute atomic E-state index is 0.0280. The lowest BCUT2D eigenvalue weighted by Crippen LogP contribution is -2.44. The third kappa shape index (κ3) is 3.65. The van der Waals surface area contributed by atoms with Gasteiger partial charge in [0.1, 0.15) is 0 Å². The summed E-state index contributed by atoms with van der Waals surface area (Å²) in [4.78, 5) is 15.7. The fourth-order valence-electron chi connectivity index (χ4n) is 2.22. The highest BCUT2D eigenvalue weighted by Crippen LogP contribution is 2.13. The molecule has 0 spiro atoms. The van der Waals surface area contributed by atoms with E-state index in [1.807, 2.05) is 0 Å². The van der Waals surface area contributed by atoms with Crippen LogP contribution in [-0.2, 0) is 10.0 Å². The van der Waals surface area contributed by atoms with E-state index >= 15 is 0 Å². The Hall–Kier alpha value is -1.18. The van der Waals surface area contributed by atoms with Gasteiger partial charge in [0.15, 0.2) is 0 Å². The molecule has 0 atom stereocenters. The summed E-state index contributed by atoms with van der Waals surface area (Å²) in [5, 5.41) is 0. The van der Waals surface area contributed by atoms with Gasteiger partial charge in [-0.15, -0.1) is 0 Å². The van der Waals surface area contributed by atoms with Crippen LogP contribution in [0.15, 0.2) is 28.0 Å². The number of nitrogens with zero attached hydrogens (tertiary/aromatic N) is 1. The summed E-state index contributed by atoms with van der Waals surface area (Å²) in [6.45, 7) is 4.93. The summed E-state index contributed by atoms with van der Waals surface area (Å²) >= 11 is 0. The number of H-pyrrole nitrogens is 1. The van der Waals surface area contributed by atoms with Crippen LogP contribution in [0.2, 0.25) is 0 Å². The predicted octanol–water partition coefficient (Wildman–Crippen LogP) is 0.138. The molecule has 2 rings (SSSR count). The summed E-state index contributed by atoms with van der Waals surface area (Å²) in [5.74, 6) is 0. The van der Waals surface area contributed by atoms with Crippen LogP contribution in [0.4, 0.5) is 0 Å². The van der Waals surface area contributed by atoms with Crippen molar-refractivity contribution in [3.63, 3.8) is 0 Å². The standard InChI is InChI=1S/C12H19N3O3S/c1-2-15-7-5-10(6-8-15)14-19(17,18)11-3-4-12(16)13-9-11/h3-4,9-10,14H,2,5-8H2,1H3,(H,13,16). The van der Waals surface area contributed by atoms with Crippen LogP contribution in [0.3, 0.4) is 0 Å². The quantitative estimate of drug-likeness (QED) is 0.824. The number of rotatable bonds is 4. The normalized spacial score (nSPS) is 18.6. The van der Waals surface area contributed by atoms with Crippen LogP contribution in [0.1, 0.15) is 19.8 Å². The first-order chi connectivity index (χ1) is 9.01. The molecule has 0 radical (unpaired) electrons. The van der Waals surface area contributed by atoms with Crippen molar-refractivity contribution in [3.05, 3.63) is 28.7 Å². The molecule has 7 heteroatoms. The lowest BCUT2D eigenvalue weighted by atomic mass is 10.1. The second kappa shape index (κ2) is 5.85. The van der Waals surface area contributed by atoms with Crippen molar-refractivity contribution in [1.82, 2.24) is 14.6 Å². The molecule has 0 aliphatic carbocycles. The molecule has 1 fully saturated rings. The van der Waals surface area contributed by atoms with Crippen LogP contribution in [0.25, 0.3) is 0 Å². The predicted molar refractivity (Wildman–Crippen MR) is 72.5 cm³/mol. The minimum atomic E-state index is -3.54. The Morgan fingerprint density at radius 3 is 2.58 bits per heavy atom. The number of piperidine rings is 1. The van der Waals surface area contributed by atoms with E-state index in [1.165, 1.54) is 18.3 Å². The Labute approximate surface area is 112 Å². The first-order valence-electron chi connectivity index (χ1n) is 6.44. The summed E-state index contributed by atoms with van der Waals surface area (Å²) in [6, 6.07) is 2.51. The van der Waals surface area contributed by atoms with Crippen LogP contribution in [-0.4, -0.2) is 44.0 Å². The Bertz CT molecular complexity index is 554. The molecular weight excluding hydrogens is 266 g/mol. The maximum atomic E-state index is 12.1. The van der Waals surface area contributed by atoms with E-state index in [2.05, 4.69) is 21.5 Å². The third-order valence-electron chi connectivity index (χ3n) is 3.42. The average Bonchev–Trinajstić information content (AvgIpc) is 2.40. The third-order valence-corrected chi connectivity index (χ3v) is 4.94. The van der Waals surface area contributed by atoms with Gasteiger partial charge < -0.3 is 9.88 Å². The molecule has 1 aromatic rings. The summed E-state index contributed by atoms with van der Waals surface area (Å²) in [7, 11) is -3.54. The number of aromatic nitrogens is 1. The van der Waals surface area contributed by atoms with Crippen molar-refractivity contribution >= 4 is 10.0 Å². The Morgan fingerprint density at radius 2 is 2.05 bits per heavy atom. The van der Waals surface area contributed by atoms with Gasteiger partial charge in [-0.3, -0.25) is 4.79 Å². The maximum Gasteiger partial charge on any atom is 0.247 e. The molecule has 1 aromatic heterocycles. The summed E-state index contributed by atoms with van der Waals surface area (Å²) in [5.41, 5.74) is -0.310. The zero-order valence-electron chi connectivity index (χ0n) is 10.9. The van der Waals surface area contributed by atoms with Crippen molar-refractivity contribution in [2.75, 3.05) is 19.6 Å². The summed E-state index contributed by atoms with van der Waals surface area (Å²) in [6.07, 6.45) is 2.86. The number of pyridine rings is 1. The average molecular weight is 285 g/mol. The second-order valence-corrected chi connectivity index (χ2v) is 6.43. The van der Waals surface area contributed by atoms with E-state index in [4.69, 9.17) is 0 Å². The van der Waals surface area contributed by atoms with Crippen molar-refractivity contribution in [2.45, 2.75) is 30.7 Å². The van der Waals surface area contributed by atoms with Crippen LogP contribution >= 0.6 is 0 Å². The highest BCUT2D eigenvalue weighted by atomic mass is 32.2. The smallest absolute Gasteiger partial charge is 0.247 e. The Kier molecular flexibility index (Phi) is 4.38. The topological polar surface area (TPSA) is 82.3 Å². The zero-order valence-corrected chi connectivity index (χ0v) is 11.7. The molecule has 2 heterocycles. The number of sulfonamides is 1. The number of aromatic amines is 1. The highest BCUT2D eigenvalue weighted by molar-refractivity contribution is 7.89. The number of hydrogen-bond donors (Lipinski definition) is 2. The number of hydrogen-bond acceptors (Lipinski definition) is 4. The zero-order chi connectivity index (χ0) is 13.9. The van der Waals surface area contributed by atoms with E-state index in [0.29, 0.717) is 0 Å². The van der Waals surface area contributed by atoms with E-state index in [9.17, 15) is 13.2 Å². The van der Waals surface area contributed by atoms with Crippen molar-refractivity contribution in [1.29, 1.82) is 0 Å². The largest absolute Gasteiger partial charge is 0.328 e. The van der Waals surface area contributed by atoms with Gasteiger partial charge in [0.05, 0.1) is 4.90 Å². The Balaban J connectivity index is 2.02. The van der Waals surface area contributed by atoms with E-state index < -0.39 is 10.0 Å². The molecule has 0 amide bonds. The van der Waals surface area contributed by atoms with E-state index in [-0.39, 0.29) is 16.5 Å². The molecule has 1 aliphatic rings. The maximum absolute atomic E-state index is 12.1. The van der Waals surface area contributed by atoms with Crippen LogP contribution in [0.5, 0.6) is 0 Å². The van der Waals surface area contributed by atoms with Crippen LogP contribution < -0.4 is 10.3 Å². The van der Waals surface area contributed by atoms with Gasteiger partial charge in [-0.25, -0.2) is 13.1 Å². The molecule has 19 heavy (non-hydrogen) atoms. The highest BCUT2D eigenvalue weighted by Gasteiger charge is 2.23. The lowest BCUT2D eigenvalue weighted by molar-refractivity contribution is 0.217. The molecule has 0 saturated carbocycles. The molecule has 0 unspecified atom stereocenters. The first-order valence-corrected chi connectivity index (χ1v) is 7.93. The first kappa shape index (κ1) is 14.2. The number of likely N-dealkylation sites (tertiary alicyclic amines) is 1. The monoisotopic (exact) mass is 285 g/mol. The van der Waals surface area contributed by atoms with Crippen LogP contribution in [0, 0.1) is 0 Å². The molecule has 106 valence electrons. The summed E-state index contributed by atoms with van der Waals surface area (Å²) < 4.78 is 26.9. The molecule has 0 aromatic carbocycles. The van der Waals surface area contributed by atoms with Gasteiger partial charge in [-0.1, -0.05) is 6.92 Å². The van der Waals surface area contributed by atoms with Gasteiger partial charge in [-0.05, 0) is 38.5 Å². The second-order valence-electron chi connectivity index (χ2n) is 4.72. The minimum Gasteiger partial charge on any atom is -0.328 e. The van der Waals surface area contributed by atoms with Gasteiger partial charge >= 0.3 is 0 Å². The van der Waals surface area contributed by atoms with Crippen molar-refractivity contribution in [2.24, 2.45) is 0 Å². The molecule has 1 aliphatic heterocycles. The van der Waals surface area contributed by atoms with Gasteiger partial charge in [-0.2, -0.15) is 0 Å². The molecule has 2 N–H and O–H groups in total. The number of nitrogens with one attached hydrogen (secondary N) is 2. The fraction of sp³-hybridized carbons (Fsp3) is 0.583. The lowest BCUT2D eigenvalue weighted by Gasteiger charge is -2.31. The molecule has 6 nitrogen and oxygen atoms in total. The molecular formula is C12H19N3O3S. The Morgan fingerprint density at radius 1 is 1.37 bits per heavy atom. The van der Waals surface area contributed by atoms with Gasteiger partial charge in [0.2, 0.25) is 15.6 Å². The van der Waals surface area contributed by atoms with E-state index in [1.54, 1.807) is 0 Å². The van der Waals surface area contributed by atoms with Crippen molar-refractivity contribution in [3.8, 4) is 0 Å².